The largest absolute Gasteiger partial charge is 0.573 e. The van der Waals surface area contributed by atoms with Crippen LogP contribution in [-0.4, -0.2) is 65.8 Å². The minimum atomic E-state index is -5.01. The van der Waals surface area contributed by atoms with Gasteiger partial charge in [-0.2, -0.15) is 0 Å². The van der Waals surface area contributed by atoms with Crippen LogP contribution in [0.15, 0.2) is 47.4 Å². The monoisotopic (exact) mass is 711 g/mol. The van der Waals surface area contributed by atoms with E-state index in [4.69, 9.17) is 0 Å². The second-order valence-corrected chi connectivity index (χ2v) is 13.7. The van der Waals surface area contributed by atoms with Crippen molar-refractivity contribution in [2.45, 2.75) is 64.8 Å². The summed E-state index contributed by atoms with van der Waals surface area (Å²) in [6, 6.07) is 8.33. The van der Waals surface area contributed by atoms with Crippen LogP contribution in [0.2, 0.25) is 0 Å². The number of hydrogen-bond donors (Lipinski definition) is 2. The fourth-order valence-corrected chi connectivity index (χ4v) is 7.58. The zero-order valence-corrected chi connectivity index (χ0v) is 28.7. The van der Waals surface area contributed by atoms with E-state index in [1.807, 2.05) is 4.90 Å². The molecule has 3 aliphatic heterocycles. The molecule has 2 N–H and O–H groups in total. The molecule has 0 spiro atoms. The Morgan fingerprint density at radius 2 is 1.57 bits per heavy atom. The van der Waals surface area contributed by atoms with E-state index in [0.29, 0.717) is 90.9 Å². The van der Waals surface area contributed by atoms with Gasteiger partial charge in [0.25, 0.3) is 11.5 Å². The highest BCUT2D eigenvalue weighted by Crippen LogP contribution is 2.37. The number of hydrogen-bond acceptors (Lipinski definition) is 7. The molecule has 1 atom stereocenters. The Morgan fingerprint density at radius 1 is 0.902 bits per heavy atom. The maximum absolute atomic E-state index is 15.2. The zero-order chi connectivity index (χ0) is 36.6. The summed E-state index contributed by atoms with van der Waals surface area (Å²) < 4.78 is 61.5. The lowest BCUT2D eigenvalue weighted by Crippen LogP contribution is -2.47. The van der Waals surface area contributed by atoms with Crippen molar-refractivity contribution >= 4 is 29.1 Å². The zero-order valence-electron chi connectivity index (χ0n) is 28.7. The van der Waals surface area contributed by atoms with Crippen molar-refractivity contribution in [1.82, 2.24) is 14.8 Å². The van der Waals surface area contributed by atoms with Crippen molar-refractivity contribution in [2.75, 3.05) is 36.4 Å². The first-order valence-corrected chi connectivity index (χ1v) is 17.2. The minimum Gasteiger partial charge on any atom is -0.405 e. The van der Waals surface area contributed by atoms with E-state index in [1.54, 1.807) is 50.2 Å². The van der Waals surface area contributed by atoms with E-state index in [-0.39, 0.29) is 23.5 Å². The molecular formula is C37H41F4N5O5. The average molecular weight is 712 g/mol. The third kappa shape index (κ3) is 7.89. The first kappa shape index (κ1) is 35.9. The predicted molar refractivity (Wildman–Crippen MR) is 183 cm³/mol. The molecule has 2 aromatic carbocycles. The number of nitrogens with one attached hydrogen (secondary N) is 2. The fourth-order valence-electron chi connectivity index (χ4n) is 7.58. The lowest BCUT2D eigenvalue weighted by Gasteiger charge is -2.41. The van der Waals surface area contributed by atoms with Gasteiger partial charge in [-0.05, 0) is 99.2 Å². The number of pyridine rings is 1. The third-order valence-electron chi connectivity index (χ3n) is 10.6. The molecule has 0 bridgehead atoms. The second-order valence-electron chi connectivity index (χ2n) is 13.7. The number of nitrogens with zero attached hydrogens (tertiary/aromatic N) is 3. The van der Waals surface area contributed by atoms with Gasteiger partial charge in [-0.15, -0.1) is 13.2 Å². The quantitative estimate of drug-likeness (QED) is 0.239. The molecule has 0 saturated carbocycles. The van der Waals surface area contributed by atoms with E-state index < -0.39 is 35.8 Å². The number of halogens is 4. The molecule has 0 aliphatic carbocycles. The number of anilines is 2. The number of likely N-dealkylation sites (tertiary alicyclic amines) is 1. The summed E-state index contributed by atoms with van der Waals surface area (Å²) in [7, 11) is 1.57. The number of ether oxygens (including phenoxy) is 1. The van der Waals surface area contributed by atoms with Gasteiger partial charge in [-0.25, -0.2) is 4.39 Å². The Hall–Kier alpha value is -4.88. The molecule has 4 heterocycles. The van der Waals surface area contributed by atoms with Crippen LogP contribution in [0.1, 0.15) is 60.0 Å². The van der Waals surface area contributed by atoms with E-state index in [1.165, 1.54) is 22.8 Å². The topological polar surface area (TPSA) is 113 Å². The molecule has 10 nitrogen and oxygen atoms in total. The smallest absolute Gasteiger partial charge is 0.405 e. The Balaban J connectivity index is 1.06. The summed E-state index contributed by atoms with van der Waals surface area (Å²) in [4.78, 5) is 53.0. The number of benzene rings is 2. The molecule has 1 aromatic heterocycles. The van der Waals surface area contributed by atoms with Crippen molar-refractivity contribution in [1.29, 1.82) is 0 Å². The summed E-state index contributed by atoms with van der Waals surface area (Å²) >= 11 is 0. The van der Waals surface area contributed by atoms with Gasteiger partial charge >= 0.3 is 6.36 Å². The van der Waals surface area contributed by atoms with Crippen LogP contribution in [-0.2, 0) is 16.6 Å². The molecule has 51 heavy (non-hydrogen) atoms. The first-order valence-electron chi connectivity index (χ1n) is 17.2. The molecule has 6 rings (SSSR count). The Kier molecular flexibility index (Phi) is 10.1. The highest BCUT2D eigenvalue weighted by Gasteiger charge is 2.36. The van der Waals surface area contributed by atoms with Gasteiger partial charge in [0.2, 0.25) is 11.8 Å². The SMILES string of the molecule is Cc1c(-c2ccc(C(=O)N3CCC(C4CCN(c5ccc(N[C@@H]6CCC(=O)NC6=O)cc5F)CC4)CC3)c(OC(F)(F)F)c2)cn(C)c(=O)c1C. The van der Waals surface area contributed by atoms with E-state index >= 15 is 4.39 Å². The number of rotatable bonds is 7. The van der Waals surface area contributed by atoms with Gasteiger partial charge in [-0.3, -0.25) is 24.5 Å². The van der Waals surface area contributed by atoms with Gasteiger partial charge in [0.1, 0.15) is 17.6 Å². The second kappa shape index (κ2) is 14.4. The van der Waals surface area contributed by atoms with Crippen molar-refractivity contribution in [3.05, 3.63) is 75.5 Å². The van der Waals surface area contributed by atoms with Crippen LogP contribution in [0.5, 0.6) is 5.75 Å². The molecule has 3 aliphatic rings. The lowest BCUT2D eigenvalue weighted by molar-refractivity contribution is -0.274. The Morgan fingerprint density at radius 3 is 2.20 bits per heavy atom. The average Bonchev–Trinajstić information content (AvgIpc) is 3.09. The summed E-state index contributed by atoms with van der Waals surface area (Å²) in [5.41, 5.74) is 2.63. The number of amides is 3. The Bertz CT molecular complexity index is 1890. The number of aryl methyl sites for hydroxylation is 1. The predicted octanol–water partition coefficient (Wildman–Crippen LogP) is 5.69. The third-order valence-corrected chi connectivity index (χ3v) is 10.6. The summed E-state index contributed by atoms with van der Waals surface area (Å²) in [5.74, 6) is -1.57. The highest BCUT2D eigenvalue weighted by molar-refractivity contribution is 6.01. The van der Waals surface area contributed by atoms with E-state index in [0.717, 1.165) is 12.8 Å². The molecule has 0 unspecified atom stereocenters. The number of carbonyl (C=O) groups is 3. The summed E-state index contributed by atoms with van der Waals surface area (Å²) in [5, 5.41) is 5.29. The van der Waals surface area contributed by atoms with Gasteiger partial charge in [0.05, 0.1) is 11.3 Å². The molecule has 14 heteroatoms. The summed E-state index contributed by atoms with van der Waals surface area (Å²) in [6.07, 6.45) is 0.193. The van der Waals surface area contributed by atoms with Crippen molar-refractivity contribution in [3.8, 4) is 16.9 Å². The van der Waals surface area contributed by atoms with Crippen molar-refractivity contribution in [3.63, 3.8) is 0 Å². The fraction of sp³-hybridized carbons (Fsp3) is 0.459. The highest BCUT2D eigenvalue weighted by atomic mass is 19.4. The van der Waals surface area contributed by atoms with E-state index in [2.05, 4.69) is 15.4 Å². The number of imide groups is 1. The maximum Gasteiger partial charge on any atom is 0.573 e. The number of piperidine rings is 3. The van der Waals surface area contributed by atoms with Crippen molar-refractivity contribution in [2.24, 2.45) is 18.9 Å². The normalized spacial score (nSPS) is 19.2. The minimum absolute atomic E-state index is 0.178. The molecular weight excluding hydrogens is 670 g/mol. The molecule has 3 saturated heterocycles. The molecule has 272 valence electrons. The molecule has 3 aromatic rings. The number of alkyl halides is 3. The number of carbonyl (C=O) groups excluding carboxylic acids is 3. The standard InChI is InChI=1S/C37H41F4N5O5/c1-21-22(2)35(49)44(3)20-28(21)25-4-6-27(32(18-25)51-37(39,40)41)36(50)46-16-12-24(13-17-46)23-10-14-45(15-11-23)31-8-5-26(19-29(31)38)42-30-7-9-33(47)43-34(30)48/h4-6,8,18-20,23-24,30,42H,7,9-17H2,1-3H3,(H,43,47,48)/t30-/m1/s1. The van der Waals surface area contributed by atoms with Crippen LogP contribution in [0.25, 0.3) is 11.1 Å². The molecule has 3 amide bonds. The van der Waals surface area contributed by atoms with Crippen LogP contribution in [0.3, 0.4) is 0 Å². The first-order chi connectivity index (χ1) is 24.2. The lowest BCUT2D eigenvalue weighted by atomic mass is 9.78. The van der Waals surface area contributed by atoms with Crippen LogP contribution >= 0.6 is 0 Å². The van der Waals surface area contributed by atoms with Gasteiger partial charge in [-0.1, -0.05) is 6.07 Å². The molecule has 3 fully saturated rings. The van der Waals surface area contributed by atoms with Gasteiger partial charge < -0.3 is 24.4 Å². The Labute approximate surface area is 292 Å². The van der Waals surface area contributed by atoms with Crippen molar-refractivity contribution < 1.29 is 36.7 Å². The van der Waals surface area contributed by atoms with Gasteiger partial charge in [0.15, 0.2) is 0 Å². The number of aromatic nitrogens is 1. The van der Waals surface area contributed by atoms with Crippen LogP contribution < -0.4 is 25.8 Å². The summed E-state index contributed by atoms with van der Waals surface area (Å²) in [6.45, 7) is 5.48. The van der Waals surface area contributed by atoms with E-state index in [9.17, 15) is 32.3 Å². The van der Waals surface area contributed by atoms with Crippen LogP contribution in [0.4, 0.5) is 28.9 Å². The maximum atomic E-state index is 15.2. The van der Waals surface area contributed by atoms with Crippen LogP contribution in [0, 0.1) is 31.5 Å². The molecule has 0 radical (unpaired) electrons. The van der Waals surface area contributed by atoms with Gasteiger partial charge in [0, 0.05) is 62.7 Å².